The molecule has 2 unspecified atom stereocenters. The van der Waals surface area contributed by atoms with Crippen molar-refractivity contribution in [1.29, 1.82) is 0 Å². The minimum Gasteiger partial charge on any atom is -0.367 e. The molecule has 0 aromatic heterocycles. The highest BCUT2D eigenvalue weighted by Gasteiger charge is 2.33. The third-order valence-corrected chi connectivity index (χ3v) is 34.9. The lowest BCUT2D eigenvalue weighted by Gasteiger charge is -2.34. The van der Waals surface area contributed by atoms with E-state index in [1.165, 1.54) is 406 Å². The minimum atomic E-state index is 0.641. The third-order valence-electron chi connectivity index (χ3n) is 30.6. The van der Waals surface area contributed by atoms with Gasteiger partial charge < -0.3 is 42.1 Å². The van der Waals surface area contributed by atoms with E-state index < -0.39 is 0 Å². The van der Waals surface area contributed by atoms with Gasteiger partial charge in [-0.1, -0.05) is 221 Å². The molecule has 3 aromatic carbocycles. The van der Waals surface area contributed by atoms with Gasteiger partial charge in [0.15, 0.2) is 0 Å². The van der Waals surface area contributed by atoms with Crippen LogP contribution in [-0.4, -0.2) is 319 Å². The van der Waals surface area contributed by atoms with Crippen molar-refractivity contribution < 1.29 is 0 Å². The minimum absolute atomic E-state index is 0.641. The van der Waals surface area contributed by atoms with E-state index in [4.69, 9.17) is 0 Å². The fraction of sp³-hybridized carbons (Fsp3) is 0.841. The SMILES string of the molecule is CCC(C)N(CCNCCSC)CC1CCCCC1.CCC(C)N(CCNCCSC)Cc1ccccc1.CSCCNCCN(C1CCCC1)C1CCCC1.CSCCNCCN(CC1CCCC1)C1CCCC1.CSCCNCCN(CC1CCCCC1)C1CCCC1.CSCCNCCN(Cc1ccccc1)C1CCCC1.CSCCNCCN(c1ccccc1)C1CCCC1. The summed E-state index contributed by atoms with van der Waals surface area (Å²) < 4.78 is 0. The van der Waals surface area contributed by atoms with Gasteiger partial charge in [0.2, 0.25) is 0 Å². The highest BCUT2D eigenvalue weighted by atomic mass is 32.2. The Morgan fingerprint density at radius 2 is 0.515 bits per heavy atom. The molecule has 9 fully saturated rings. The van der Waals surface area contributed by atoms with Crippen LogP contribution < -0.4 is 42.1 Å². The number of hydrogen-bond acceptors (Lipinski definition) is 21. The van der Waals surface area contributed by atoms with Gasteiger partial charge in [-0.05, 0) is 227 Å². The van der Waals surface area contributed by atoms with Gasteiger partial charge in [-0.2, -0.15) is 82.3 Å². The number of thioether (sulfide) groups is 7. The predicted molar refractivity (Wildman–Crippen MR) is 616 cm³/mol. The maximum absolute atomic E-state index is 3.61. The van der Waals surface area contributed by atoms with Crippen molar-refractivity contribution in [3.63, 3.8) is 0 Å². The molecule has 7 N–H and O–H groups in total. The lowest BCUT2D eigenvalue weighted by molar-refractivity contribution is 0.138. The lowest BCUT2D eigenvalue weighted by atomic mass is 9.88. The Morgan fingerprint density at radius 3 is 0.866 bits per heavy atom. The summed E-state index contributed by atoms with van der Waals surface area (Å²) in [6.07, 6.45) is 72.9. The Balaban J connectivity index is 0.000000240. The summed E-state index contributed by atoms with van der Waals surface area (Å²) in [4.78, 5) is 19.1. The molecule has 0 amide bonds. The van der Waals surface area contributed by atoms with Gasteiger partial charge in [-0.25, -0.2) is 0 Å². The molecule has 134 heavy (non-hydrogen) atoms. The predicted octanol–water partition coefficient (Wildman–Crippen LogP) is 23.9. The molecule has 12 rings (SSSR count). The van der Waals surface area contributed by atoms with Crippen LogP contribution in [0.5, 0.6) is 0 Å². The van der Waals surface area contributed by atoms with Crippen LogP contribution in [0.15, 0.2) is 91.0 Å². The van der Waals surface area contributed by atoms with E-state index in [1.807, 2.05) is 82.3 Å². The molecule has 3 aromatic rings. The van der Waals surface area contributed by atoms with E-state index in [9.17, 15) is 0 Å². The van der Waals surface area contributed by atoms with Crippen LogP contribution in [0.2, 0.25) is 0 Å². The molecule has 776 valence electrons. The largest absolute Gasteiger partial charge is 0.367 e. The zero-order valence-corrected chi connectivity index (χ0v) is 94.3. The Labute approximate surface area is 859 Å². The Kier molecular flexibility index (Phi) is 77.0. The molecule has 0 saturated heterocycles. The van der Waals surface area contributed by atoms with Crippen molar-refractivity contribution in [2.45, 2.75) is 346 Å². The number of nitrogens with zero attached hydrogens (tertiary/aromatic N) is 7. The van der Waals surface area contributed by atoms with Gasteiger partial charge in [-0.15, -0.1) is 0 Å². The first-order valence-electron chi connectivity index (χ1n) is 55.8. The van der Waals surface area contributed by atoms with Gasteiger partial charge >= 0.3 is 0 Å². The van der Waals surface area contributed by atoms with Crippen LogP contribution in [0.1, 0.15) is 296 Å². The number of rotatable bonds is 63. The maximum atomic E-state index is 3.61. The monoisotopic (exact) mass is 1990 g/mol. The number of anilines is 1. The van der Waals surface area contributed by atoms with E-state index in [-0.39, 0.29) is 0 Å². The van der Waals surface area contributed by atoms with E-state index in [0.29, 0.717) is 6.04 Å². The summed E-state index contributed by atoms with van der Waals surface area (Å²) in [5.74, 6) is 11.5. The van der Waals surface area contributed by atoms with Crippen LogP contribution in [0.4, 0.5) is 5.69 Å². The second kappa shape index (κ2) is 84.6. The zero-order chi connectivity index (χ0) is 95.2. The molecule has 9 saturated carbocycles. The fourth-order valence-electron chi connectivity index (χ4n) is 22.2. The van der Waals surface area contributed by atoms with Gasteiger partial charge in [0.25, 0.3) is 0 Å². The van der Waals surface area contributed by atoms with Crippen molar-refractivity contribution in [3.8, 4) is 0 Å². The molecule has 0 aliphatic heterocycles. The standard InChI is InChI=1S/C17H34N2S.C17H28N2S.C16H32N2S.C16H26N2S.C16H34N2S.C16H28N2S.C15H30N2S/c2*1-20-14-12-18-11-13-19(17-9-5-6-10-17)15-16-7-3-2-4-8-16;1-19-13-11-17-10-12-18(16-8-4-5-9-16)14-15-6-2-3-7-15;1-19-14-12-17-11-13-18(16-9-5-6-10-16)15-7-3-2-4-8-15;2*1-4-15(2)18(12-10-17-11-13-19-3)14-16-8-6-5-7-9-16;1-18-13-11-16-10-12-17(14-6-2-3-7-14)15-8-4-5-9-15/h16-18H,2-15H2,1H3;2-4,7-8,17-18H,5-6,9-15H2,1H3;15-17H,2-14H2,1H3;2-4,7-8,16-17H,5-6,9-14H2,1H3;15-17H,4-14H2,1-3H3;5-9,15,17H,4,10-14H2,1-3H3;14-16H,2-13H2,1H3. The van der Waals surface area contributed by atoms with Crippen molar-refractivity contribution in [1.82, 2.24) is 66.6 Å². The Bertz CT molecular complexity index is 2950. The van der Waals surface area contributed by atoms with E-state index in [2.05, 4.69) is 234 Å². The van der Waals surface area contributed by atoms with Crippen molar-refractivity contribution in [2.75, 3.05) is 246 Å². The molecule has 0 spiro atoms. The van der Waals surface area contributed by atoms with Gasteiger partial charge in [0.05, 0.1) is 0 Å². The van der Waals surface area contributed by atoms with Gasteiger partial charge in [0, 0.05) is 264 Å². The quantitative estimate of drug-likeness (QED) is 0.0272. The van der Waals surface area contributed by atoms with Crippen LogP contribution >= 0.6 is 82.3 Å². The third kappa shape index (κ3) is 57.3. The molecule has 0 bridgehead atoms. The number of para-hydroxylation sites is 1. The summed E-state index contributed by atoms with van der Waals surface area (Å²) in [5, 5.41) is 25.0. The zero-order valence-electron chi connectivity index (χ0n) is 88.6. The van der Waals surface area contributed by atoms with E-state index in [1.54, 1.807) is 0 Å². The second-order valence-electron chi connectivity index (χ2n) is 40.7. The van der Waals surface area contributed by atoms with Gasteiger partial charge in [0.1, 0.15) is 0 Å². The molecular weight excluding hydrogens is 1780 g/mol. The summed E-state index contributed by atoms with van der Waals surface area (Å²) in [5.41, 5.74) is 4.25. The molecule has 0 radical (unpaired) electrons. The van der Waals surface area contributed by atoms with Crippen LogP contribution in [0.25, 0.3) is 0 Å². The number of nitrogens with one attached hydrogen (secondary N) is 7. The van der Waals surface area contributed by atoms with Crippen LogP contribution in [0.3, 0.4) is 0 Å². The smallest absolute Gasteiger partial charge is 0.0369 e. The summed E-state index contributed by atoms with van der Waals surface area (Å²) in [6.45, 7) is 40.1. The van der Waals surface area contributed by atoms with Crippen LogP contribution in [0, 0.1) is 17.8 Å². The average Bonchev–Trinajstić information content (AvgIpc) is 1.71. The second-order valence-corrected chi connectivity index (χ2v) is 47.6. The first-order chi connectivity index (χ1) is 66.1. The normalized spacial score (nSPS) is 18.5. The number of hydrogen-bond donors (Lipinski definition) is 7. The van der Waals surface area contributed by atoms with Crippen LogP contribution in [-0.2, 0) is 13.1 Å². The summed E-state index contributed by atoms with van der Waals surface area (Å²) in [7, 11) is 0. The maximum Gasteiger partial charge on any atom is 0.0369 e. The Hall–Kier alpha value is -0.610. The topological polar surface area (TPSA) is 107 Å². The number of benzene rings is 3. The molecule has 2 atom stereocenters. The molecular formula is C113H212N14S7. The summed E-state index contributed by atoms with van der Waals surface area (Å²) in [6, 6.07) is 39.2. The molecule has 21 heteroatoms. The first-order valence-corrected chi connectivity index (χ1v) is 65.6. The molecule has 0 heterocycles. The van der Waals surface area contributed by atoms with Crippen molar-refractivity contribution in [3.05, 3.63) is 102 Å². The Morgan fingerprint density at radius 1 is 0.254 bits per heavy atom. The molecule has 9 aliphatic carbocycles. The first kappa shape index (κ1) is 122. The van der Waals surface area contributed by atoms with E-state index in [0.717, 1.165) is 139 Å². The fourth-order valence-corrected chi connectivity index (χ4v) is 24.6. The molecule has 9 aliphatic rings. The lowest BCUT2D eigenvalue weighted by Crippen LogP contribution is -2.44. The average molecular weight is 1990 g/mol. The summed E-state index contributed by atoms with van der Waals surface area (Å²) >= 11 is 13.4. The van der Waals surface area contributed by atoms with E-state index >= 15 is 0 Å². The highest BCUT2D eigenvalue weighted by molar-refractivity contribution is 7.99. The van der Waals surface area contributed by atoms with Crippen molar-refractivity contribution >= 4 is 88.0 Å². The molecule has 14 nitrogen and oxygen atoms in total. The van der Waals surface area contributed by atoms with Crippen molar-refractivity contribution in [2.24, 2.45) is 17.8 Å². The van der Waals surface area contributed by atoms with Gasteiger partial charge in [-0.3, -0.25) is 29.4 Å². The highest BCUT2D eigenvalue weighted by Crippen LogP contribution is 2.35.